The molecule has 0 aliphatic rings. The Morgan fingerprint density at radius 2 is 1.84 bits per heavy atom. The number of nitrogens with two attached hydrogens (primary N) is 1. The predicted octanol–water partition coefficient (Wildman–Crippen LogP) is 1.62. The SMILES string of the molecule is Nc1ccc(-c2nnnn2-c2cccc(O)c2)cc1. The Morgan fingerprint density at radius 1 is 1.05 bits per heavy atom. The van der Waals surface area contributed by atoms with E-state index in [1.165, 1.54) is 0 Å². The van der Waals surface area contributed by atoms with Crippen LogP contribution in [0.25, 0.3) is 17.1 Å². The van der Waals surface area contributed by atoms with Crippen molar-refractivity contribution >= 4 is 5.69 Å². The first kappa shape index (κ1) is 11.2. The van der Waals surface area contributed by atoms with Crippen LogP contribution in [0.3, 0.4) is 0 Å². The molecule has 1 aromatic heterocycles. The highest BCUT2D eigenvalue weighted by atomic mass is 16.3. The van der Waals surface area contributed by atoms with Crippen molar-refractivity contribution in [3.63, 3.8) is 0 Å². The summed E-state index contributed by atoms with van der Waals surface area (Å²) >= 11 is 0. The van der Waals surface area contributed by atoms with Crippen molar-refractivity contribution in [3.05, 3.63) is 48.5 Å². The Hall–Kier alpha value is -2.89. The average Bonchev–Trinajstić information content (AvgIpc) is 2.89. The minimum atomic E-state index is 0.163. The van der Waals surface area contributed by atoms with E-state index < -0.39 is 0 Å². The standard InChI is InChI=1S/C13H11N5O/c14-10-6-4-9(5-7-10)13-15-16-17-18(13)11-2-1-3-12(19)8-11/h1-8,19H,14H2. The molecule has 2 aromatic carbocycles. The summed E-state index contributed by atoms with van der Waals surface area (Å²) in [5.74, 6) is 0.752. The maximum absolute atomic E-state index is 9.51. The maximum atomic E-state index is 9.51. The summed E-state index contributed by atoms with van der Waals surface area (Å²) in [4.78, 5) is 0. The molecule has 0 fully saturated rings. The Balaban J connectivity index is 2.10. The Labute approximate surface area is 109 Å². The zero-order valence-corrected chi connectivity index (χ0v) is 9.93. The van der Waals surface area contributed by atoms with Crippen molar-refractivity contribution in [2.75, 3.05) is 5.73 Å². The molecule has 3 N–H and O–H groups in total. The largest absolute Gasteiger partial charge is 0.508 e. The van der Waals surface area contributed by atoms with Crippen molar-refractivity contribution in [2.45, 2.75) is 0 Å². The summed E-state index contributed by atoms with van der Waals surface area (Å²) in [5.41, 5.74) is 7.88. The van der Waals surface area contributed by atoms with Crippen LogP contribution in [-0.2, 0) is 0 Å². The lowest BCUT2D eigenvalue weighted by molar-refractivity contribution is 0.475. The normalized spacial score (nSPS) is 10.5. The molecule has 0 amide bonds. The zero-order valence-electron chi connectivity index (χ0n) is 9.93. The molecule has 1 heterocycles. The lowest BCUT2D eigenvalue weighted by Gasteiger charge is -2.05. The summed E-state index contributed by atoms with van der Waals surface area (Å²) in [6, 6.07) is 14.0. The molecule has 0 saturated heterocycles. The van der Waals surface area contributed by atoms with Crippen molar-refractivity contribution < 1.29 is 5.11 Å². The number of phenols is 1. The number of benzene rings is 2. The lowest BCUT2D eigenvalue weighted by atomic mass is 10.2. The number of hydrogen-bond donors (Lipinski definition) is 2. The smallest absolute Gasteiger partial charge is 0.187 e. The van der Waals surface area contributed by atoms with Gasteiger partial charge in [-0.25, -0.2) is 0 Å². The van der Waals surface area contributed by atoms with Crippen LogP contribution in [0.5, 0.6) is 5.75 Å². The van der Waals surface area contributed by atoms with Gasteiger partial charge in [-0.3, -0.25) is 0 Å². The number of anilines is 1. The molecule has 3 rings (SSSR count). The van der Waals surface area contributed by atoms with Crippen molar-refractivity contribution in [1.29, 1.82) is 0 Å². The molecule has 0 bridgehead atoms. The lowest BCUT2D eigenvalue weighted by Crippen LogP contribution is -1.99. The molecular formula is C13H11N5O. The fourth-order valence-electron chi connectivity index (χ4n) is 1.80. The second-order valence-electron chi connectivity index (χ2n) is 4.06. The third-order valence-corrected chi connectivity index (χ3v) is 2.71. The number of nitrogen functional groups attached to an aromatic ring is 1. The van der Waals surface area contributed by atoms with Crippen molar-refractivity contribution in [2.24, 2.45) is 0 Å². The van der Waals surface area contributed by atoms with Gasteiger partial charge in [-0.05, 0) is 46.8 Å². The topological polar surface area (TPSA) is 89.9 Å². The van der Waals surface area contributed by atoms with Gasteiger partial charge in [0, 0.05) is 17.3 Å². The average molecular weight is 253 g/mol. The first-order valence-corrected chi connectivity index (χ1v) is 5.68. The number of phenolic OH excluding ortho intramolecular Hbond substituents is 1. The Kier molecular flexibility index (Phi) is 2.60. The molecule has 6 heteroatoms. The van der Waals surface area contributed by atoms with E-state index in [1.54, 1.807) is 35.0 Å². The molecule has 3 aromatic rings. The molecule has 0 unspecified atom stereocenters. The Morgan fingerprint density at radius 3 is 2.58 bits per heavy atom. The van der Waals surface area contributed by atoms with E-state index in [0.717, 1.165) is 5.56 Å². The van der Waals surface area contributed by atoms with Gasteiger partial charge in [0.1, 0.15) is 5.75 Å². The molecule has 0 spiro atoms. The summed E-state index contributed by atoms with van der Waals surface area (Å²) in [7, 11) is 0. The molecule has 0 atom stereocenters. The third-order valence-electron chi connectivity index (χ3n) is 2.71. The van der Waals surface area contributed by atoms with Crippen LogP contribution in [0.1, 0.15) is 0 Å². The van der Waals surface area contributed by atoms with Crippen LogP contribution in [-0.4, -0.2) is 25.3 Å². The summed E-state index contributed by atoms with van der Waals surface area (Å²) in [6.07, 6.45) is 0. The summed E-state index contributed by atoms with van der Waals surface area (Å²) < 4.78 is 1.56. The number of rotatable bonds is 2. The predicted molar refractivity (Wildman–Crippen MR) is 70.7 cm³/mol. The summed E-state index contributed by atoms with van der Waals surface area (Å²) in [6.45, 7) is 0. The molecule has 6 nitrogen and oxygen atoms in total. The number of nitrogens with zero attached hydrogens (tertiary/aromatic N) is 4. The van der Waals surface area contributed by atoms with Crippen LogP contribution in [0.2, 0.25) is 0 Å². The quantitative estimate of drug-likeness (QED) is 0.677. The van der Waals surface area contributed by atoms with Crippen molar-refractivity contribution in [1.82, 2.24) is 20.2 Å². The van der Waals surface area contributed by atoms with Crippen LogP contribution >= 0.6 is 0 Å². The van der Waals surface area contributed by atoms with Gasteiger partial charge in [0.2, 0.25) is 0 Å². The highest BCUT2D eigenvalue weighted by molar-refractivity contribution is 5.60. The molecule has 0 aliphatic heterocycles. The van der Waals surface area contributed by atoms with E-state index in [4.69, 9.17) is 5.73 Å². The van der Waals surface area contributed by atoms with E-state index >= 15 is 0 Å². The molecule has 94 valence electrons. The number of hydrogen-bond acceptors (Lipinski definition) is 5. The zero-order chi connectivity index (χ0) is 13.2. The van der Waals surface area contributed by atoms with E-state index in [1.807, 2.05) is 18.2 Å². The van der Waals surface area contributed by atoms with E-state index in [-0.39, 0.29) is 5.75 Å². The van der Waals surface area contributed by atoms with E-state index in [0.29, 0.717) is 17.2 Å². The minimum absolute atomic E-state index is 0.163. The van der Waals surface area contributed by atoms with Gasteiger partial charge in [-0.1, -0.05) is 6.07 Å². The van der Waals surface area contributed by atoms with Crippen LogP contribution in [0, 0.1) is 0 Å². The van der Waals surface area contributed by atoms with Crippen LogP contribution in [0.15, 0.2) is 48.5 Å². The first-order valence-electron chi connectivity index (χ1n) is 5.68. The van der Waals surface area contributed by atoms with Gasteiger partial charge in [-0.2, -0.15) is 4.68 Å². The number of tetrazole rings is 1. The van der Waals surface area contributed by atoms with Gasteiger partial charge in [0.05, 0.1) is 5.69 Å². The van der Waals surface area contributed by atoms with E-state index in [2.05, 4.69) is 15.5 Å². The first-order chi connectivity index (χ1) is 9.24. The monoisotopic (exact) mass is 253 g/mol. The summed E-state index contributed by atoms with van der Waals surface area (Å²) in [5, 5.41) is 21.1. The fraction of sp³-hybridized carbons (Fsp3) is 0. The highest BCUT2D eigenvalue weighted by Crippen LogP contribution is 2.22. The molecule has 0 saturated carbocycles. The molecular weight excluding hydrogens is 242 g/mol. The van der Waals surface area contributed by atoms with Gasteiger partial charge >= 0.3 is 0 Å². The Bertz CT molecular complexity index is 705. The van der Waals surface area contributed by atoms with Crippen LogP contribution < -0.4 is 5.73 Å². The number of aromatic hydroxyl groups is 1. The molecule has 0 aliphatic carbocycles. The van der Waals surface area contributed by atoms with E-state index in [9.17, 15) is 5.11 Å². The number of aromatic nitrogens is 4. The third kappa shape index (κ3) is 2.11. The molecule has 0 radical (unpaired) electrons. The minimum Gasteiger partial charge on any atom is -0.508 e. The fourth-order valence-corrected chi connectivity index (χ4v) is 1.80. The second-order valence-corrected chi connectivity index (χ2v) is 4.06. The maximum Gasteiger partial charge on any atom is 0.187 e. The molecule has 19 heavy (non-hydrogen) atoms. The van der Waals surface area contributed by atoms with Crippen LogP contribution in [0.4, 0.5) is 5.69 Å². The van der Waals surface area contributed by atoms with Gasteiger partial charge < -0.3 is 10.8 Å². The van der Waals surface area contributed by atoms with Gasteiger partial charge in [0.15, 0.2) is 5.82 Å². The highest BCUT2D eigenvalue weighted by Gasteiger charge is 2.10. The van der Waals surface area contributed by atoms with Gasteiger partial charge in [0.25, 0.3) is 0 Å². The van der Waals surface area contributed by atoms with Gasteiger partial charge in [-0.15, -0.1) is 5.10 Å². The van der Waals surface area contributed by atoms with Crippen molar-refractivity contribution in [3.8, 4) is 22.8 Å². The second kappa shape index (κ2) is 4.41.